The summed E-state index contributed by atoms with van der Waals surface area (Å²) in [6, 6.07) is 9.79. The Balaban J connectivity index is 1.58. The summed E-state index contributed by atoms with van der Waals surface area (Å²) in [6.07, 6.45) is 8.38. The summed E-state index contributed by atoms with van der Waals surface area (Å²) in [6.45, 7) is 5.73. The summed E-state index contributed by atoms with van der Waals surface area (Å²) in [5.74, 6) is 2.54. The molecule has 2 rings (SSSR count). The number of ether oxygens (including phenoxy) is 1. The molecule has 1 aromatic rings. The van der Waals surface area contributed by atoms with Crippen LogP contribution >= 0.6 is 0 Å². The van der Waals surface area contributed by atoms with Crippen LogP contribution < -0.4 is 0 Å². The molecule has 0 aliphatic carbocycles. The van der Waals surface area contributed by atoms with Crippen molar-refractivity contribution in [2.24, 2.45) is 0 Å². The van der Waals surface area contributed by atoms with E-state index in [0.717, 1.165) is 57.5 Å². The fourth-order valence-corrected chi connectivity index (χ4v) is 2.70. The third-order valence-corrected chi connectivity index (χ3v) is 4.11. The van der Waals surface area contributed by atoms with Crippen molar-refractivity contribution >= 4 is 5.97 Å². The first kappa shape index (κ1) is 17.5. The average molecular weight is 314 g/mol. The molecule has 124 valence electrons. The van der Waals surface area contributed by atoms with Crippen molar-refractivity contribution in [3.63, 3.8) is 0 Å². The highest BCUT2D eigenvalue weighted by Crippen LogP contribution is 2.06. The largest absolute Gasteiger partial charge is 0.460 e. The van der Waals surface area contributed by atoms with E-state index in [1.807, 2.05) is 30.3 Å². The Morgan fingerprint density at radius 3 is 2.48 bits per heavy atom. The predicted molar refractivity (Wildman–Crippen MR) is 91.8 cm³/mol. The van der Waals surface area contributed by atoms with Crippen LogP contribution in [0.3, 0.4) is 0 Å². The zero-order valence-corrected chi connectivity index (χ0v) is 13.7. The lowest BCUT2D eigenvalue weighted by atomic mass is 10.2. The van der Waals surface area contributed by atoms with E-state index < -0.39 is 0 Å². The molecule has 1 aliphatic rings. The predicted octanol–water partition coefficient (Wildman–Crippen LogP) is 2.15. The minimum absolute atomic E-state index is 0.142. The summed E-state index contributed by atoms with van der Waals surface area (Å²) >= 11 is 0. The smallest absolute Gasteiger partial charge is 0.320 e. The van der Waals surface area contributed by atoms with Gasteiger partial charge in [0, 0.05) is 32.6 Å². The second-order valence-electron chi connectivity index (χ2n) is 5.93. The number of hydrogen-bond donors (Lipinski definition) is 0. The Morgan fingerprint density at radius 1 is 1.09 bits per heavy atom. The lowest BCUT2D eigenvalue weighted by Gasteiger charge is -2.34. The fraction of sp³-hybridized carbons (Fsp3) is 0.526. The van der Waals surface area contributed by atoms with E-state index >= 15 is 0 Å². The van der Waals surface area contributed by atoms with E-state index in [1.54, 1.807) is 0 Å². The Bertz CT molecular complexity index is 502. The lowest BCUT2D eigenvalue weighted by Crippen LogP contribution is -2.48. The zero-order chi connectivity index (χ0) is 16.3. The molecule has 0 bridgehead atoms. The molecule has 1 aliphatic heterocycles. The van der Waals surface area contributed by atoms with E-state index in [1.165, 1.54) is 0 Å². The number of rotatable bonds is 8. The number of benzene rings is 1. The van der Waals surface area contributed by atoms with Gasteiger partial charge < -0.3 is 9.64 Å². The molecule has 0 spiro atoms. The molecular formula is C19H26N2O2. The Morgan fingerprint density at radius 2 is 1.78 bits per heavy atom. The van der Waals surface area contributed by atoms with Gasteiger partial charge in [-0.1, -0.05) is 30.3 Å². The molecule has 1 heterocycles. The summed E-state index contributed by atoms with van der Waals surface area (Å²) in [7, 11) is 0. The molecule has 0 aromatic heterocycles. The number of hydrogen-bond acceptors (Lipinski definition) is 4. The molecule has 1 aromatic carbocycles. The van der Waals surface area contributed by atoms with Crippen LogP contribution in [0.2, 0.25) is 0 Å². The van der Waals surface area contributed by atoms with Crippen LogP contribution in [-0.4, -0.2) is 55.0 Å². The van der Waals surface area contributed by atoms with Gasteiger partial charge in [-0.3, -0.25) is 9.69 Å². The number of carbonyl (C=O) groups excluding carboxylic acids is 1. The molecule has 0 saturated carbocycles. The van der Waals surface area contributed by atoms with Gasteiger partial charge in [0.05, 0.1) is 6.54 Å². The van der Waals surface area contributed by atoms with Gasteiger partial charge in [0.2, 0.25) is 0 Å². The first-order valence-electron chi connectivity index (χ1n) is 8.35. The monoisotopic (exact) mass is 314 g/mol. The second-order valence-corrected chi connectivity index (χ2v) is 5.93. The van der Waals surface area contributed by atoms with Crippen LogP contribution in [0.25, 0.3) is 0 Å². The summed E-state index contributed by atoms with van der Waals surface area (Å²) in [5, 5.41) is 0. The normalized spacial score (nSPS) is 16.0. The second kappa shape index (κ2) is 10.0. The Kier molecular flexibility index (Phi) is 7.65. The standard InChI is InChI=1S/C19H26N2O2/c1-2-3-4-8-11-20-12-14-21(15-13-20)16-19(22)23-17-18-9-6-5-7-10-18/h1,5-7,9-10H,3-4,8,11-17H2. The summed E-state index contributed by atoms with van der Waals surface area (Å²) in [5.41, 5.74) is 1.03. The average Bonchev–Trinajstić information content (AvgIpc) is 2.59. The molecule has 4 heteroatoms. The molecule has 23 heavy (non-hydrogen) atoms. The molecule has 1 saturated heterocycles. The number of piperazine rings is 1. The van der Waals surface area contributed by atoms with Gasteiger partial charge in [-0.05, 0) is 24.9 Å². The maximum atomic E-state index is 11.9. The van der Waals surface area contributed by atoms with Crippen LogP contribution in [-0.2, 0) is 16.1 Å². The SMILES string of the molecule is C#CCCCCN1CCN(CC(=O)OCc2ccccc2)CC1. The molecular weight excluding hydrogens is 288 g/mol. The molecule has 0 N–H and O–H groups in total. The fourth-order valence-electron chi connectivity index (χ4n) is 2.70. The first-order chi connectivity index (χ1) is 11.3. The number of unbranched alkanes of at least 4 members (excludes halogenated alkanes) is 2. The van der Waals surface area contributed by atoms with Gasteiger partial charge >= 0.3 is 5.97 Å². The topological polar surface area (TPSA) is 32.8 Å². The van der Waals surface area contributed by atoms with Crippen molar-refractivity contribution in [2.75, 3.05) is 39.3 Å². The zero-order valence-electron chi connectivity index (χ0n) is 13.7. The number of nitrogens with zero attached hydrogens (tertiary/aromatic N) is 2. The van der Waals surface area contributed by atoms with Crippen molar-refractivity contribution < 1.29 is 9.53 Å². The highest BCUT2D eigenvalue weighted by atomic mass is 16.5. The number of esters is 1. The van der Waals surface area contributed by atoms with Crippen LogP contribution in [0.5, 0.6) is 0 Å². The van der Waals surface area contributed by atoms with Crippen LogP contribution in [0.1, 0.15) is 24.8 Å². The molecule has 0 atom stereocenters. The summed E-state index contributed by atoms with van der Waals surface area (Å²) in [4.78, 5) is 16.5. The maximum absolute atomic E-state index is 11.9. The number of carbonyl (C=O) groups is 1. The van der Waals surface area contributed by atoms with E-state index in [2.05, 4.69) is 15.7 Å². The summed E-state index contributed by atoms with van der Waals surface area (Å²) < 4.78 is 5.34. The van der Waals surface area contributed by atoms with Crippen molar-refractivity contribution in [3.8, 4) is 12.3 Å². The van der Waals surface area contributed by atoms with Crippen LogP contribution in [0.15, 0.2) is 30.3 Å². The molecule has 0 unspecified atom stereocenters. The maximum Gasteiger partial charge on any atom is 0.320 e. The van der Waals surface area contributed by atoms with Gasteiger partial charge in [0.15, 0.2) is 0 Å². The van der Waals surface area contributed by atoms with Crippen LogP contribution in [0.4, 0.5) is 0 Å². The molecule has 1 fully saturated rings. The van der Waals surface area contributed by atoms with Crippen molar-refractivity contribution in [1.29, 1.82) is 0 Å². The Labute approximate surface area is 139 Å². The van der Waals surface area contributed by atoms with Crippen molar-refractivity contribution in [1.82, 2.24) is 9.80 Å². The highest BCUT2D eigenvalue weighted by Gasteiger charge is 2.19. The third kappa shape index (κ3) is 6.85. The highest BCUT2D eigenvalue weighted by molar-refractivity contribution is 5.71. The lowest BCUT2D eigenvalue weighted by molar-refractivity contribution is -0.146. The Hall–Kier alpha value is -1.83. The van der Waals surface area contributed by atoms with Gasteiger partial charge in [0.1, 0.15) is 6.61 Å². The number of terminal acetylenes is 1. The third-order valence-electron chi connectivity index (χ3n) is 4.11. The van der Waals surface area contributed by atoms with E-state index in [0.29, 0.717) is 13.2 Å². The minimum Gasteiger partial charge on any atom is -0.460 e. The minimum atomic E-state index is -0.142. The first-order valence-corrected chi connectivity index (χ1v) is 8.35. The molecule has 0 radical (unpaired) electrons. The van der Waals surface area contributed by atoms with E-state index in [-0.39, 0.29) is 5.97 Å². The quantitative estimate of drug-likeness (QED) is 0.418. The van der Waals surface area contributed by atoms with Crippen molar-refractivity contribution in [3.05, 3.63) is 35.9 Å². The van der Waals surface area contributed by atoms with Gasteiger partial charge in [-0.15, -0.1) is 12.3 Å². The molecule has 0 amide bonds. The van der Waals surface area contributed by atoms with Gasteiger partial charge in [0.25, 0.3) is 0 Å². The van der Waals surface area contributed by atoms with E-state index in [9.17, 15) is 4.79 Å². The van der Waals surface area contributed by atoms with Crippen molar-refractivity contribution in [2.45, 2.75) is 25.9 Å². The van der Waals surface area contributed by atoms with Gasteiger partial charge in [-0.25, -0.2) is 0 Å². The van der Waals surface area contributed by atoms with E-state index in [4.69, 9.17) is 11.2 Å². The van der Waals surface area contributed by atoms with Gasteiger partial charge in [-0.2, -0.15) is 0 Å². The molecule has 4 nitrogen and oxygen atoms in total. The van der Waals surface area contributed by atoms with Crippen LogP contribution in [0, 0.1) is 12.3 Å².